The van der Waals surface area contributed by atoms with E-state index < -0.39 is 5.54 Å². The van der Waals surface area contributed by atoms with Crippen molar-refractivity contribution in [3.8, 4) is 0 Å². The number of nitrogens with two attached hydrogens (primary N) is 1. The maximum absolute atomic E-state index is 13.1. The van der Waals surface area contributed by atoms with E-state index in [9.17, 15) is 9.59 Å². The highest BCUT2D eigenvalue weighted by atomic mass is 16.5. The van der Waals surface area contributed by atoms with Crippen LogP contribution >= 0.6 is 0 Å². The van der Waals surface area contributed by atoms with E-state index in [1.165, 1.54) is 0 Å². The normalized spacial score (nSPS) is 28.0. The molecule has 2 fully saturated rings. The van der Waals surface area contributed by atoms with Crippen molar-refractivity contribution >= 4 is 11.8 Å². The van der Waals surface area contributed by atoms with Crippen molar-refractivity contribution in [2.24, 2.45) is 5.73 Å². The van der Waals surface area contributed by atoms with Gasteiger partial charge in [0.25, 0.3) is 0 Å². The van der Waals surface area contributed by atoms with E-state index in [0.29, 0.717) is 6.54 Å². The first-order valence-electron chi connectivity index (χ1n) is 8.91. The van der Waals surface area contributed by atoms with Gasteiger partial charge in [-0.2, -0.15) is 5.10 Å². The molecule has 1 spiro atoms. The zero-order valence-corrected chi connectivity index (χ0v) is 15.5. The lowest BCUT2D eigenvalue weighted by atomic mass is 9.82. The SMILES string of the molecule is Cc1cc(C)n(CC(=O)N2CCC[C@]23CC(C)(C)O[C@H]3CC(N)=O)n1. The largest absolute Gasteiger partial charge is 0.370 e. The summed E-state index contributed by atoms with van der Waals surface area (Å²) in [6.45, 7) is 8.79. The maximum Gasteiger partial charge on any atom is 0.244 e. The molecule has 3 heterocycles. The predicted molar refractivity (Wildman–Crippen MR) is 92.8 cm³/mol. The summed E-state index contributed by atoms with van der Waals surface area (Å²) in [6.07, 6.45) is 2.29. The van der Waals surface area contributed by atoms with Gasteiger partial charge < -0.3 is 15.4 Å². The molecule has 0 aliphatic carbocycles. The summed E-state index contributed by atoms with van der Waals surface area (Å²) in [5.74, 6) is -0.362. The van der Waals surface area contributed by atoms with E-state index >= 15 is 0 Å². The van der Waals surface area contributed by atoms with Gasteiger partial charge in [0.1, 0.15) is 6.54 Å². The monoisotopic (exact) mass is 348 g/mol. The molecule has 7 heteroatoms. The molecule has 25 heavy (non-hydrogen) atoms. The summed E-state index contributed by atoms with van der Waals surface area (Å²) in [4.78, 5) is 26.5. The topological polar surface area (TPSA) is 90.5 Å². The Balaban J connectivity index is 1.86. The molecule has 0 unspecified atom stereocenters. The molecule has 138 valence electrons. The second kappa shape index (κ2) is 6.12. The van der Waals surface area contributed by atoms with Crippen molar-refractivity contribution in [2.45, 2.75) is 77.2 Å². The molecule has 0 bridgehead atoms. The van der Waals surface area contributed by atoms with Gasteiger partial charge in [0.2, 0.25) is 11.8 Å². The Morgan fingerprint density at radius 1 is 1.40 bits per heavy atom. The minimum absolute atomic E-state index is 0.0273. The summed E-state index contributed by atoms with van der Waals surface area (Å²) in [5.41, 5.74) is 6.50. The number of carbonyl (C=O) groups is 2. The first-order chi connectivity index (χ1) is 11.6. The highest BCUT2D eigenvalue weighted by Gasteiger charge is 2.58. The van der Waals surface area contributed by atoms with Crippen LogP contribution in [0.15, 0.2) is 6.07 Å². The molecule has 3 rings (SSSR count). The summed E-state index contributed by atoms with van der Waals surface area (Å²) >= 11 is 0. The second-order valence-electron chi connectivity index (χ2n) is 8.05. The van der Waals surface area contributed by atoms with E-state index in [4.69, 9.17) is 10.5 Å². The van der Waals surface area contributed by atoms with Gasteiger partial charge in [0.05, 0.1) is 29.4 Å². The van der Waals surface area contributed by atoms with Crippen LogP contribution in [0.3, 0.4) is 0 Å². The minimum Gasteiger partial charge on any atom is -0.370 e. The number of carbonyl (C=O) groups excluding carboxylic acids is 2. The summed E-state index contributed by atoms with van der Waals surface area (Å²) in [5, 5.41) is 4.40. The van der Waals surface area contributed by atoms with Gasteiger partial charge in [-0.25, -0.2) is 0 Å². The van der Waals surface area contributed by atoms with E-state index in [-0.39, 0.29) is 36.5 Å². The van der Waals surface area contributed by atoms with Gasteiger partial charge >= 0.3 is 0 Å². The number of primary amides is 1. The fourth-order valence-corrected chi connectivity index (χ4v) is 4.64. The lowest BCUT2D eigenvalue weighted by molar-refractivity contribution is -0.140. The molecule has 2 atom stereocenters. The molecule has 0 radical (unpaired) electrons. The Hall–Kier alpha value is -1.89. The first-order valence-corrected chi connectivity index (χ1v) is 8.91. The summed E-state index contributed by atoms with van der Waals surface area (Å²) in [7, 11) is 0. The molecule has 2 N–H and O–H groups in total. The third-order valence-electron chi connectivity index (χ3n) is 5.40. The standard InChI is InChI=1S/C18H28N4O3/c1-12-8-13(2)22(20-12)10-16(24)21-7-5-6-18(21)11-17(3,4)25-14(18)9-15(19)23/h8,14H,5-7,9-11H2,1-4H3,(H2,19,23)/t14-,18+/m0/s1. The molecular formula is C18H28N4O3. The number of aromatic nitrogens is 2. The van der Waals surface area contributed by atoms with E-state index in [2.05, 4.69) is 5.10 Å². The first kappa shape index (κ1) is 17.9. The van der Waals surface area contributed by atoms with Crippen LogP contribution in [0.4, 0.5) is 0 Å². The summed E-state index contributed by atoms with van der Waals surface area (Å²) < 4.78 is 7.88. The minimum atomic E-state index is -0.439. The zero-order chi connectivity index (χ0) is 18.4. The number of amides is 2. The zero-order valence-electron chi connectivity index (χ0n) is 15.5. The number of likely N-dealkylation sites (tertiary alicyclic amines) is 1. The number of nitrogens with zero attached hydrogens (tertiary/aromatic N) is 3. The van der Waals surface area contributed by atoms with Crippen LogP contribution in [0.5, 0.6) is 0 Å². The molecular weight excluding hydrogens is 320 g/mol. The number of hydrogen-bond donors (Lipinski definition) is 1. The fraction of sp³-hybridized carbons (Fsp3) is 0.722. The highest BCUT2D eigenvalue weighted by molar-refractivity contribution is 5.78. The molecule has 0 saturated carbocycles. The second-order valence-corrected chi connectivity index (χ2v) is 8.05. The molecule has 2 aliphatic rings. The van der Waals surface area contributed by atoms with Crippen LogP contribution in [0.2, 0.25) is 0 Å². The van der Waals surface area contributed by atoms with Crippen LogP contribution < -0.4 is 5.73 Å². The average Bonchev–Trinajstić information content (AvgIpc) is 3.08. The molecule has 1 aromatic heterocycles. The van der Waals surface area contributed by atoms with E-state index in [0.717, 1.165) is 30.7 Å². The Morgan fingerprint density at radius 2 is 2.12 bits per heavy atom. The average molecular weight is 348 g/mol. The molecule has 2 saturated heterocycles. The number of aryl methyl sites for hydroxylation is 2. The van der Waals surface area contributed by atoms with E-state index in [1.54, 1.807) is 4.68 Å². The van der Waals surface area contributed by atoms with Crippen molar-refractivity contribution in [3.05, 3.63) is 17.5 Å². The Kier molecular flexibility index (Phi) is 4.39. The Bertz CT molecular complexity index is 696. The summed E-state index contributed by atoms with van der Waals surface area (Å²) in [6, 6.07) is 1.96. The van der Waals surface area contributed by atoms with Crippen LogP contribution in [0.1, 0.15) is 50.9 Å². The fourth-order valence-electron chi connectivity index (χ4n) is 4.64. The predicted octanol–water partition coefficient (Wildman–Crippen LogP) is 1.30. The van der Waals surface area contributed by atoms with Crippen molar-refractivity contribution in [3.63, 3.8) is 0 Å². The third-order valence-corrected chi connectivity index (χ3v) is 5.40. The van der Waals surface area contributed by atoms with E-state index in [1.807, 2.05) is 38.7 Å². The molecule has 2 aliphatic heterocycles. The molecule has 0 aromatic carbocycles. The maximum atomic E-state index is 13.1. The van der Waals surface area contributed by atoms with Crippen molar-refractivity contribution in [1.29, 1.82) is 0 Å². The van der Waals surface area contributed by atoms with Gasteiger partial charge in [-0.15, -0.1) is 0 Å². The van der Waals surface area contributed by atoms with Crippen LogP contribution in [-0.2, 0) is 20.9 Å². The van der Waals surface area contributed by atoms with Crippen molar-refractivity contribution < 1.29 is 14.3 Å². The smallest absolute Gasteiger partial charge is 0.244 e. The van der Waals surface area contributed by atoms with Crippen molar-refractivity contribution in [1.82, 2.24) is 14.7 Å². The van der Waals surface area contributed by atoms with Gasteiger partial charge in [-0.3, -0.25) is 14.3 Å². The molecule has 7 nitrogen and oxygen atoms in total. The Labute approximate surface area is 148 Å². The van der Waals surface area contributed by atoms with Gasteiger partial charge in [0.15, 0.2) is 0 Å². The lowest BCUT2D eigenvalue weighted by Gasteiger charge is -2.38. The lowest BCUT2D eigenvalue weighted by Crippen LogP contribution is -2.54. The van der Waals surface area contributed by atoms with Gasteiger partial charge in [0, 0.05) is 18.7 Å². The number of hydrogen-bond acceptors (Lipinski definition) is 4. The third kappa shape index (κ3) is 3.29. The molecule has 2 amide bonds. The van der Waals surface area contributed by atoms with Crippen molar-refractivity contribution in [2.75, 3.05) is 6.54 Å². The number of rotatable bonds is 4. The highest BCUT2D eigenvalue weighted by Crippen LogP contribution is 2.48. The van der Waals surface area contributed by atoms with Gasteiger partial charge in [-0.1, -0.05) is 0 Å². The Morgan fingerprint density at radius 3 is 2.72 bits per heavy atom. The number of ether oxygens (including phenoxy) is 1. The van der Waals surface area contributed by atoms with Gasteiger partial charge in [-0.05, 0) is 46.6 Å². The molecule has 1 aromatic rings. The van der Waals surface area contributed by atoms with Crippen LogP contribution in [-0.4, -0.2) is 50.3 Å². The van der Waals surface area contributed by atoms with Crippen LogP contribution in [0, 0.1) is 13.8 Å². The quantitative estimate of drug-likeness (QED) is 0.888. The van der Waals surface area contributed by atoms with Crippen LogP contribution in [0.25, 0.3) is 0 Å².